The molecule has 92 valence electrons. The second-order valence-electron chi connectivity index (χ2n) is 3.95. The van der Waals surface area contributed by atoms with E-state index in [4.69, 9.17) is 10.2 Å². The second kappa shape index (κ2) is 5.31. The highest BCUT2D eigenvalue weighted by atomic mass is 32.2. The van der Waals surface area contributed by atoms with Crippen LogP contribution < -0.4 is 11.1 Å². The summed E-state index contributed by atoms with van der Waals surface area (Å²) in [6.07, 6.45) is 0. The van der Waals surface area contributed by atoms with Gasteiger partial charge in [-0.1, -0.05) is 6.92 Å². The number of hydrogen-bond acceptors (Lipinski definition) is 5. The van der Waals surface area contributed by atoms with Crippen molar-refractivity contribution in [1.82, 2.24) is 4.98 Å². The van der Waals surface area contributed by atoms with Gasteiger partial charge in [-0.25, -0.2) is 0 Å². The van der Waals surface area contributed by atoms with Crippen LogP contribution in [0.25, 0.3) is 11.1 Å². The smallest absolute Gasteiger partial charge is 0.295 e. The van der Waals surface area contributed by atoms with E-state index in [1.807, 2.05) is 30.0 Å². The van der Waals surface area contributed by atoms with Crippen molar-refractivity contribution in [1.29, 1.82) is 0 Å². The van der Waals surface area contributed by atoms with E-state index < -0.39 is 0 Å². The summed E-state index contributed by atoms with van der Waals surface area (Å²) in [5.74, 6) is 2.16. The summed E-state index contributed by atoms with van der Waals surface area (Å²) in [5.41, 5.74) is 7.95. The lowest BCUT2D eigenvalue weighted by molar-refractivity contribution is 0.606. The fourth-order valence-electron chi connectivity index (χ4n) is 1.55. The number of anilines is 2. The molecule has 0 saturated carbocycles. The Hall–Kier alpha value is -1.36. The Kier molecular flexibility index (Phi) is 3.78. The van der Waals surface area contributed by atoms with Crippen LogP contribution in [0.2, 0.25) is 0 Å². The molecular formula is C12H17N3OS. The SMILES string of the molecule is CCSCC(C)Nc1nc2cc(N)ccc2o1. The molecule has 1 aromatic heterocycles. The minimum Gasteiger partial charge on any atom is -0.424 e. The highest BCUT2D eigenvalue weighted by molar-refractivity contribution is 7.99. The number of nitrogen functional groups attached to an aromatic ring is 1. The number of rotatable bonds is 5. The zero-order valence-electron chi connectivity index (χ0n) is 10.1. The number of hydrogen-bond donors (Lipinski definition) is 2. The van der Waals surface area contributed by atoms with Gasteiger partial charge in [0, 0.05) is 17.5 Å². The molecule has 17 heavy (non-hydrogen) atoms. The van der Waals surface area contributed by atoms with Gasteiger partial charge in [-0.15, -0.1) is 0 Å². The average molecular weight is 251 g/mol. The van der Waals surface area contributed by atoms with E-state index in [0.717, 1.165) is 22.6 Å². The van der Waals surface area contributed by atoms with Crippen LogP contribution in [0, 0.1) is 0 Å². The summed E-state index contributed by atoms with van der Waals surface area (Å²) in [6, 6.07) is 6.37. The van der Waals surface area contributed by atoms with Gasteiger partial charge in [0.2, 0.25) is 0 Å². The standard InChI is InChI=1S/C12H17N3OS/c1-3-17-7-8(2)14-12-15-10-6-9(13)4-5-11(10)16-12/h4-6,8H,3,7,13H2,1-2H3,(H,14,15). The molecule has 3 N–H and O–H groups in total. The van der Waals surface area contributed by atoms with Crippen molar-refractivity contribution >= 4 is 34.6 Å². The number of benzene rings is 1. The molecule has 5 heteroatoms. The molecule has 0 fully saturated rings. The van der Waals surface area contributed by atoms with Crippen molar-refractivity contribution in [2.75, 3.05) is 22.6 Å². The minimum atomic E-state index is 0.338. The minimum absolute atomic E-state index is 0.338. The summed E-state index contributed by atoms with van der Waals surface area (Å²) < 4.78 is 5.59. The topological polar surface area (TPSA) is 64.1 Å². The fourth-order valence-corrected chi connectivity index (χ4v) is 2.23. The lowest BCUT2D eigenvalue weighted by atomic mass is 10.3. The summed E-state index contributed by atoms with van der Waals surface area (Å²) in [7, 11) is 0. The molecule has 0 bridgehead atoms. The molecule has 0 aliphatic heterocycles. The van der Waals surface area contributed by atoms with E-state index in [2.05, 4.69) is 24.1 Å². The lowest BCUT2D eigenvalue weighted by Crippen LogP contribution is -2.18. The van der Waals surface area contributed by atoms with Crippen LogP contribution in [0.15, 0.2) is 22.6 Å². The van der Waals surface area contributed by atoms with Crippen LogP contribution in [0.4, 0.5) is 11.7 Å². The van der Waals surface area contributed by atoms with Crippen LogP contribution in [-0.2, 0) is 0 Å². The van der Waals surface area contributed by atoms with E-state index in [1.165, 1.54) is 0 Å². The number of aromatic nitrogens is 1. The lowest BCUT2D eigenvalue weighted by Gasteiger charge is -2.10. The first kappa shape index (κ1) is 12.1. The Bertz CT molecular complexity index is 497. The third kappa shape index (κ3) is 3.06. The van der Waals surface area contributed by atoms with E-state index >= 15 is 0 Å². The average Bonchev–Trinajstić information content (AvgIpc) is 2.67. The zero-order valence-corrected chi connectivity index (χ0v) is 10.9. The molecule has 0 spiro atoms. The molecule has 4 nitrogen and oxygen atoms in total. The fraction of sp³-hybridized carbons (Fsp3) is 0.417. The molecule has 0 aliphatic rings. The Labute approximate surface area is 105 Å². The number of nitrogens with two attached hydrogens (primary N) is 1. The van der Waals surface area contributed by atoms with Gasteiger partial charge in [0.1, 0.15) is 5.52 Å². The van der Waals surface area contributed by atoms with Crippen molar-refractivity contribution in [3.05, 3.63) is 18.2 Å². The molecule has 1 unspecified atom stereocenters. The van der Waals surface area contributed by atoms with Gasteiger partial charge < -0.3 is 15.5 Å². The number of thioether (sulfide) groups is 1. The Morgan fingerprint density at radius 2 is 2.35 bits per heavy atom. The van der Waals surface area contributed by atoms with Gasteiger partial charge in [-0.05, 0) is 30.9 Å². The van der Waals surface area contributed by atoms with Gasteiger partial charge in [-0.3, -0.25) is 0 Å². The van der Waals surface area contributed by atoms with E-state index in [-0.39, 0.29) is 0 Å². The van der Waals surface area contributed by atoms with E-state index in [9.17, 15) is 0 Å². The van der Waals surface area contributed by atoms with E-state index in [0.29, 0.717) is 17.7 Å². The number of fused-ring (bicyclic) bond motifs is 1. The maximum absolute atomic E-state index is 5.69. The molecule has 0 radical (unpaired) electrons. The third-order valence-electron chi connectivity index (χ3n) is 2.35. The molecule has 2 rings (SSSR count). The first-order chi connectivity index (χ1) is 8.19. The van der Waals surface area contributed by atoms with Gasteiger partial charge in [0.05, 0.1) is 0 Å². The maximum Gasteiger partial charge on any atom is 0.295 e. The van der Waals surface area contributed by atoms with E-state index in [1.54, 1.807) is 0 Å². The van der Waals surface area contributed by atoms with Gasteiger partial charge in [-0.2, -0.15) is 16.7 Å². The summed E-state index contributed by atoms with van der Waals surface area (Å²) in [4.78, 5) is 4.35. The predicted octanol–water partition coefficient (Wildman–Crippen LogP) is 2.96. The van der Waals surface area contributed by atoms with Gasteiger partial charge in [0.25, 0.3) is 6.01 Å². The summed E-state index contributed by atoms with van der Waals surface area (Å²) in [5, 5.41) is 3.25. The number of nitrogens with one attached hydrogen (secondary N) is 1. The highest BCUT2D eigenvalue weighted by Crippen LogP contribution is 2.21. The number of oxazole rings is 1. The van der Waals surface area contributed by atoms with Crippen molar-refractivity contribution < 1.29 is 4.42 Å². The van der Waals surface area contributed by atoms with Gasteiger partial charge in [0.15, 0.2) is 5.58 Å². The molecule has 0 aliphatic carbocycles. The normalized spacial score (nSPS) is 12.8. The molecule has 1 atom stereocenters. The van der Waals surface area contributed by atoms with Crippen LogP contribution in [0.3, 0.4) is 0 Å². The Balaban J connectivity index is 2.08. The van der Waals surface area contributed by atoms with Crippen LogP contribution in [0.1, 0.15) is 13.8 Å². The largest absolute Gasteiger partial charge is 0.424 e. The van der Waals surface area contributed by atoms with Crippen molar-refractivity contribution in [2.45, 2.75) is 19.9 Å². The first-order valence-corrected chi connectivity index (χ1v) is 6.85. The third-order valence-corrected chi connectivity index (χ3v) is 3.50. The molecule has 2 aromatic rings. The van der Waals surface area contributed by atoms with Crippen molar-refractivity contribution in [3.8, 4) is 0 Å². The van der Waals surface area contributed by atoms with Crippen LogP contribution in [0.5, 0.6) is 0 Å². The first-order valence-electron chi connectivity index (χ1n) is 5.69. The monoisotopic (exact) mass is 251 g/mol. The quantitative estimate of drug-likeness (QED) is 0.800. The van der Waals surface area contributed by atoms with Crippen molar-refractivity contribution in [2.24, 2.45) is 0 Å². The summed E-state index contributed by atoms with van der Waals surface area (Å²) in [6.45, 7) is 4.27. The molecule has 1 aromatic carbocycles. The second-order valence-corrected chi connectivity index (χ2v) is 5.27. The Morgan fingerprint density at radius 1 is 1.53 bits per heavy atom. The summed E-state index contributed by atoms with van der Waals surface area (Å²) >= 11 is 1.89. The predicted molar refractivity (Wildman–Crippen MR) is 74.5 cm³/mol. The highest BCUT2D eigenvalue weighted by Gasteiger charge is 2.08. The molecule has 0 saturated heterocycles. The number of nitrogens with zero attached hydrogens (tertiary/aromatic N) is 1. The van der Waals surface area contributed by atoms with Crippen LogP contribution >= 0.6 is 11.8 Å². The van der Waals surface area contributed by atoms with Gasteiger partial charge >= 0.3 is 0 Å². The zero-order chi connectivity index (χ0) is 12.3. The Morgan fingerprint density at radius 3 is 3.12 bits per heavy atom. The molecular weight excluding hydrogens is 234 g/mol. The molecule has 0 amide bonds. The van der Waals surface area contributed by atoms with Crippen molar-refractivity contribution in [3.63, 3.8) is 0 Å². The van der Waals surface area contributed by atoms with Crippen LogP contribution in [-0.4, -0.2) is 22.5 Å². The maximum atomic E-state index is 5.69. The molecule has 1 heterocycles.